The Morgan fingerprint density at radius 1 is 1.17 bits per heavy atom. The zero-order chi connectivity index (χ0) is 18.4. The summed E-state index contributed by atoms with van der Waals surface area (Å²) in [7, 11) is -0.567. The predicted octanol–water partition coefficient (Wildman–Crippen LogP) is 3.37. The number of ether oxygens (including phenoxy) is 1. The molecule has 0 saturated carbocycles. The van der Waals surface area contributed by atoms with Gasteiger partial charge in [-0.3, -0.25) is 4.79 Å². The van der Waals surface area contributed by atoms with Crippen LogP contribution in [0.2, 0.25) is 18.1 Å². The van der Waals surface area contributed by atoms with Gasteiger partial charge < -0.3 is 14.5 Å². The first kappa shape index (κ1) is 20.4. The van der Waals surface area contributed by atoms with E-state index in [4.69, 9.17) is 9.16 Å². The van der Waals surface area contributed by atoms with Gasteiger partial charge in [0, 0.05) is 18.6 Å². The first-order valence-corrected chi connectivity index (χ1v) is 11.1. The second-order valence-electron chi connectivity index (χ2n) is 7.31. The third kappa shape index (κ3) is 5.76. The minimum Gasteiger partial charge on any atom is -0.467 e. The molecule has 0 aromatic heterocycles. The maximum absolute atomic E-state index is 12.2. The highest BCUT2D eigenvalue weighted by atomic mass is 28.4. The van der Waals surface area contributed by atoms with Crippen molar-refractivity contribution in [3.63, 3.8) is 0 Å². The first-order chi connectivity index (χ1) is 11.1. The summed E-state index contributed by atoms with van der Waals surface area (Å²) in [5.41, 5.74) is 0.511. The molecule has 0 aliphatic rings. The number of hydrogen-bond acceptors (Lipinski definition) is 4. The Hall–Kier alpha value is -1.66. The number of benzene rings is 1. The van der Waals surface area contributed by atoms with E-state index in [2.05, 4.69) is 39.2 Å². The van der Waals surface area contributed by atoms with Crippen LogP contribution in [-0.4, -0.2) is 40.0 Å². The molecule has 1 atom stereocenters. The molecule has 0 saturated heterocycles. The van der Waals surface area contributed by atoms with Crippen LogP contribution in [0.5, 0.6) is 0 Å². The summed E-state index contributed by atoms with van der Waals surface area (Å²) in [6.45, 7) is 11.2. The van der Waals surface area contributed by atoms with Crippen LogP contribution >= 0.6 is 0 Å². The van der Waals surface area contributed by atoms with E-state index in [0.717, 1.165) is 0 Å². The van der Waals surface area contributed by atoms with Crippen molar-refractivity contribution in [3.8, 4) is 0 Å². The van der Waals surface area contributed by atoms with Gasteiger partial charge in [-0.15, -0.1) is 0 Å². The van der Waals surface area contributed by atoms with Gasteiger partial charge in [-0.1, -0.05) is 39.0 Å². The molecule has 24 heavy (non-hydrogen) atoms. The van der Waals surface area contributed by atoms with Gasteiger partial charge >= 0.3 is 5.97 Å². The van der Waals surface area contributed by atoms with Gasteiger partial charge in [-0.25, -0.2) is 4.79 Å². The predicted molar refractivity (Wildman–Crippen MR) is 97.5 cm³/mol. The highest BCUT2D eigenvalue weighted by Crippen LogP contribution is 2.36. The Labute approximate surface area is 145 Å². The van der Waals surface area contributed by atoms with Crippen molar-refractivity contribution in [1.82, 2.24) is 5.32 Å². The molecular weight excluding hydrogens is 322 g/mol. The Morgan fingerprint density at radius 3 is 2.25 bits per heavy atom. The number of methoxy groups -OCH3 is 1. The quantitative estimate of drug-likeness (QED) is 0.604. The van der Waals surface area contributed by atoms with Crippen LogP contribution in [-0.2, 0) is 14.0 Å². The van der Waals surface area contributed by atoms with Crippen LogP contribution < -0.4 is 5.32 Å². The number of esters is 1. The highest BCUT2D eigenvalue weighted by Gasteiger charge is 2.37. The molecule has 134 valence electrons. The second-order valence-corrected chi connectivity index (χ2v) is 12.1. The molecule has 0 bridgehead atoms. The Bertz CT molecular complexity index is 552. The fourth-order valence-corrected chi connectivity index (χ4v) is 2.93. The van der Waals surface area contributed by atoms with Crippen LogP contribution in [0, 0.1) is 0 Å². The zero-order valence-electron chi connectivity index (χ0n) is 15.5. The first-order valence-electron chi connectivity index (χ1n) is 8.16. The Kier molecular flexibility index (Phi) is 7.17. The van der Waals surface area contributed by atoms with E-state index in [9.17, 15) is 9.59 Å². The molecule has 0 radical (unpaired) electrons. The molecule has 0 unspecified atom stereocenters. The monoisotopic (exact) mass is 351 g/mol. The third-order valence-corrected chi connectivity index (χ3v) is 9.04. The van der Waals surface area contributed by atoms with E-state index in [0.29, 0.717) is 18.6 Å². The maximum Gasteiger partial charge on any atom is 0.328 e. The SMILES string of the molecule is COC(=O)[C@@H](CCO[Si](C)(C)C(C)(C)C)NC(=O)c1ccccc1. The summed E-state index contributed by atoms with van der Waals surface area (Å²) in [6, 6.07) is 8.09. The van der Waals surface area contributed by atoms with Crippen LogP contribution in [0.4, 0.5) is 0 Å². The van der Waals surface area contributed by atoms with Crippen LogP contribution in [0.1, 0.15) is 37.6 Å². The summed E-state index contributed by atoms with van der Waals surface area (Å²) in [4.78, 5) is 24.2. The van der Waals surface area contributed by atoms with Crippen LogP contribution in [0.15, 0.2) is 30.3 Å². The molecule has 1 aromatic rings. The van der Waals surface area contributed by atoms with Gasteiger partial charge in [0.1, 0.15) is 6.04 Å². The highest BCUT2D eigenvalue weighted by molar-refractivity contribution is 6.74. The van der Waals surface area contributed by atoms with Crippen molar-refractivity contribution >= 4 is 20.2 Å². The van der Waals surface area contributed by atoms with Crippen molar-refractivity contribution in [1.29, 1.82) is 0 Å². The average molecular weight is 352 g/mol. The fraction of sp³-hybridized carbons (Fsp3) is 0.556. The molecule has 0 heterocycles. The smallest absolute Gasteiger partial charge is 0.328 e. The summed E-state index contributed by atoms with van der Waals surface area (Å²) in [5.74, 6) is -0.753. The van der Waals surface area contributed by atoms with E-state index in [1.54, 1.807) is 24.3 Å². The number of nitrogens with one attached hydrogen (secondary N) is 1. The van der Waals surface area contributed by atoms with E-state index in [1.807, 2.05) is 6.07 Å². The van der Waals surface area contributed by atoms with Crippen molar-refractivity contribution in [3.05, 3.63) is 35.9 Å². The Morgan fingerprint density at radius 2 is 1.75 bits per heavy atom. The summed E-state index contributed by atoms with van der Waals surface area (Å²) in [5, 5.41) is 2.83. The van der Waals surface area contributed by atoms with E-state index in [-0.39, 0.29) is 10.9 Å². The number of rotatable bonds is 7. The molecule has 0 spiro atoms. The molecule has 5 nitrogen and oxygen atoms in total. The number of amides is 1. The van der Waals surface area contributed by atoms with Crippen molar-refractivity contribution in [2.24, 2.45) is 0 Å². The normalized spacial score (nSPS) is 13.2. The summed E-state index contributed by atoms with van der Waals surface area (Å²) in [6.07, 6.45) is 0.387. The zero-order valence-corrected chi connectivity index (χ0v) is 16.5. The molecule has 0 aliphatic heterocycles. The lowest BCUT2D eigenvalue weighted by Gasteiger charge is -2.36. The topological polar surface area (TPSA) is 64.6 Å². The standard InChI is InChI=1S/C18H29NO4Si/c1-18(2,3)24(5,6)23-13-12-15(17(21)22-4)19-16(20)14-10-8-7-9-11-14/h7-11,15H,12-13H2,1-6H3,(H,19,20)/t15-/m1/s1. The van der Waals surface area contributed by atoms with Crippen molar-refractivity contribution in [2.75, 3.05) is 13.7 Å². The van der Waals surface area contributed by atoms with Crippen LogP contribution in [0.25, 0.3) is 0 Å². The molecule has 0 aliphatic carbocycles. The molecule has 1 amide bonds. The maximum atomic E-state index is 12.2. The minimum atomic E-state index is -1.89. The van der Waals surface area contributed by atoms with E-state index in [1.165, 1.54) is 7.11 Å². The van der Waals surface area contributed by atoms with Crippen molar-refractivity contribution in [2.45, 2.75) is 51.4 Å². The number of hydrogen-bond donors (Lipinski definition) is 1. The number of carbonyl (C=O) groups excluding carboxylic acids is 2. The van der Waals surface area contributed by atoms with Gasteiger partial charge in [0.05, 0.1) is 7.11 Å². The van der Waals surface area contributed by atoms with E-state index >= 15 is 0 Å². The van der Waals surface area contributed by atoms with Crippen LogP contribution in [0.3, 0.4) is 0 Å². The van der Waals surface area contributed by atoms with E-state index < -0.39 is 20.3 Å². The average Bonchev–Trinajstić information content (AvgIpc) is 2.52. The molecule has 1 N–H and O–H groups in total. The lowest BCUT2D eigenvalue weighted by atomic mass is 10.1. The molecule has 6 heteroatoms. The third-order valence-electron chi connectivity index (χ3n) is 4.50. The molecule has 0 fully saturated rings. The number of carbonyl (C=O) groups is 2. The summed E-state index contributed by atoms with van der Waals surface area (Å²) >= 11 is 0. The van der Waals surface area contributed by atoms with Gasteiger partial charge in [-0.2, -0.15) is 0 Å². The molecule has 1 aromatic carbocycles. The van der Waals surface area contributed by atoms with Gasteiger partial charge in [0.25, 0.3) is 5.91 Å². The van der Waals surface area contributed by atoms with Gasteiger partial charge in [-0.05, 0) is 30.3 Å². The molecular formula is C18H29NO4Si. The second kappa shape index (κ2) is 8.44. The van der Waals surface area contributed by atoms with Gasteiger partial charge in [0.2, 0.25) is 0 Å². The lowest BCUT2D eigenvalue weighted by molar-refractivity contribution is -0.143. The molecule has 1 rings (SSSR count). The minimum absolute atomic E-state index is 0.0983. The summed E-state index contributed by atoms with van der Waals surface area (Å²) < 4.78 is 10.9. The van der Waals surface area contributed by atoms with Crippen molar-refractivity contribution < 1.29 is 18.8 Å². The lowest BCUT2D eigenvalue weighted by Crippen LogP contribution is -2.45. The largest absolute Gasteiger partial charge is 0.467 e. The Balaban J connectivity index is 2.67. The van der Waals surface area contributed by atoms with Gasteiger partial charge in [0.15, 0.2) is 8.32 Å². The fourth-order valence-electron chi connectivity index (χ4n) is 1.87.